The Labute approximate surface area is 109 Å². The number of hydrogen-bond donors (Lipinski definition) is 0. The topological polar surface area (TPSA) is 52.2 Å². The Balaban J connectivity index is 2.97. The molecule has 0 saturated carbocycles. The van der Waals surface area contributed by atoms with Gasteiger partial charge in [0, 0.05) is 0 Å². The molecule has 6 heteroatoms. The largest absolute Gasteiger partial charge is 0.472 e. The minimum absolute atomic E-state index is 0.185. The lowest BCUT2D eigenvalue weighted by Gasteiger charge is -2.04. The summed E-state index contributed by atoms with van der Waals surface area (Å²) in [6.45, 7) is 8.87. The van der Waals surface area contributed by atoms with E-state index in [1.165, 1.54) is 6.08 Å². The normalized spacial score (nSPS) is 11.4. The maximum Gasteiger partial charge on any atom is 0.472 e. The molecule has 1 aromatic heterocycles. The second kappa shape index (κ2) is 6.58. The Morgan fingerprint density at radius 1 is 1.50 bits per heavy atom. The van der Waals surface area contributed by atoms with Crippen LogP contribution in [-0.2, 0) is 23.2 Å². The van der Waals surface area contributed by atoms with Crippen LogP contribution in [0.1, 0.15) is 26.7 Å². The van der Waals surface area contributed by atoms with E-state index in [4.69, 9.17) is 4.18 Å². The molecule has 0 radical (unpaired) electrons. The lowest BCUT2D eigenvalue weighted by molar-refractivity contribution is -0.699. The van der Waals surface area contributed by atoms with Gasteiger partial charge in [-0.2, -0.15) is 17.6 Å². The third-order valence-corrected chi connectivity index (χ3v) is 3.58. The fourth-order valence-corrected chi connectivity index (χ4v) is 2.36. The van der Waals surface area contributed by atoms with E-state index in [1.807, 2.05) is 23.9 Å². The molecule has 0 bridgehead atoms. The minimum Gasteiger partial charge on any atom is -0.308 e. The second-order valence-electron chi connectivity index (χ2n) is 4.01. The van der Waals surface area contributed by atoms with Gasteiger partial charge in [0.05, 0.1) is 13.1 Å². The summed E-state index contributed by atoms with van der Waals surface area (Å²) in [6.07, 6.45) is 7.02. The quantitative estimate of drug-likeness (QED) is 0.410. The number of hydrogen-bond acceptors (Lipinski definition) is 3. The molecule has 0 fully saturated rings. The lowest BCUT2D eigenvalue weighted by Crippen LogP contribution is -2.36. The minimum atomic E-state index is -3.59. The molecule has 1 aromatic rings. The van der Waals surface area contributed by atoms with E-state index in [-0.39, 0.29) is 5.75 Å². The van der Waals surface area contributed by atoms with Crippen LogP contribution in [0.2, 0.25) is 0 Å². The number of nitrogens with zero attached hydrogens (tertiary/aromatic N) is 2. The monoisotopic (exact) mass is 273 g/mol. The standard InChI is InChI=1S/C12H21N2O3S/c1-4-7-8-14-10-9-13(6-3)12(14)17-18(15,16)11-5-2/h5,9-10H,2,4,6-8,11H2,1,3H3/q+1. The van der Waals surface area contributed by atoms with E-state index in [1.54, 1.807) is 4.57 Å². The Morgan fingerprint density at radius 3 is 2.78 bits per heavy atom. The van der Waals surface area contributed by atoms with Crippen molar-refractivity contribution in [3.8, 4) is 6.01 Å². The van der Waals surface area contributed by atoms with Crippen LogP contribution in [0.15, 0.2) is 25.0 Å². The molecule has 0 spiro atoms. The van der Waals surface area contributed by atoms with Crippen LogP contribution in [0, 0.1) is 0 Å². The molecular weight excluding hydrogens is 252 g/mol. The highest BCUT2D eigenvalue weighted by Crippen LogP contribution is 2.10. The molecule has 5 nitrogen and oxygen atoms in total. The van der Waals surface area contributed by atoms with Crippen LogP contribution in [0.4, 0.5) is 0 Å². The fraction of sp³-hybridized carbons (Fsp3) is 0.583. The Kier molecular flexibility index (Phi) is 5.40. The van der Waals surface area contributed by atoms with Crippen molar-refractivity contribution in [3.05, 3.63) is 25.0 Å². The van der Waals surface area contributed by atoms with Crippen molar-refractivity contribution < 1.29 is 17.2 Å². The number of aryl methyl sites for hydroxylation is 2. The van der Waals surface area contributed by atoms with Gasteiger partial charge >= 0.3 is 16.1 Å². The van der Waals surface area contributed by atoms with Gasteiger partial charge in [0.15, 0.2) is 0 Å². The van der Waals surface area contributed by atoms with Crippen molar-refractivity contribution in [1.29, 1.82) is 0 Å². The van der Waals surface area contributed by atoms with Gasteiger partial charge in [0.25, 0.3) is 0 Å². The first kappa shape index (κ1) is 14.8. The van der Waals surface area contributed by atoms with E-state index in [0.717, 1.165) is 19.4 Å². The summed E-state index contributed by atoms with van der Waals surface area (Å²) in [5, 5.41) is 0. The summed E-state index contributed by atoms with van der Waals surface area (Å²) in [5.74, 6) is -0.185. The summed E-state index contributed by atoms with van der Waals surface area (Å²) in [7, 11) is -3.59. The molecule has 0 aliphatic rings. The van der Waals surface area contributed by atoms with Crippen molar-refractivity contribution in [1.82, 2.24) is 4.57 Å². The summed E-state index contributed by atoms with van der Waals surface area (Å²) in [6, 6.07) is 0.368. The van der Waals surface area contributed by atoms with E-state index in [2.05, 4.69) is 13.5 Å². The summed E-state index contributed by atoms with van der Waals surface area (Å²) in [4.78, 5) is 0. The van der Waals surface area contributed by atoms with Gasteiger partial charge in [-0.15, -0.1) is 6.58 Å². The van der Waals surface area contributed by atoms with Gasteiger partial charge in [0.1, 0.15) is 18.1 Å². The molecule has 1 heterocycles. The molecule has 18 heavy (non-hydrogen) atoms. The summed E-state index contributed by atoms with van der Waals surface area (Å²) >= 11 is 0. The van der Waals surface area contributed by atoms with Crippen LogP contribution in [-0.4, -0.2) is 18.7 Å². The van der Waals surface area contributed by atoms with Gasteiger partial charge in [-0.25, -0.2) is 0 Å². The maximum atomic E-state index is 11.7. The average molecular weight is 273 g/mol. The highest BCUT2D eigenvalue weighted by atomic mass is 32.2. The van der Waals surface area contributed by atoms with Crippen LogP contribution in [0.25, 0.3) is 0 Å². The first-order valence-corrected chi connectivity index (χ1v) is 7.73. The van der Waals surface area contributed by atoms with Gasteiger partial charge < -0.3 is 4.18 Å². The molecule has 0 aliphatic carbocycles. The highest BCUT2D eigenvalue weighted by molar-refractivity contribution is 7.87. The SMILES string of the molecule is C=CCS(=O)(=O)Oc1n(CC)cc[n+]1CCCC. The molecule has 1 rings (SSSR count). The Morgan fingerprint density at radius 2 is 2.22 bits per heavy atom. The van der Waals surface area contributed by atoms with Gasteiger partial charge in [-0.3, -0.25) is 0 Å². The fourth-order valence-electron chi connectivity index (χ4n) is 1.58. The number of unbranched alkanes of at least 4 members (excludes halogenated alkanes) is 1. The van der Waals surface area contributed by atoms with Crippen molar-refractivity contribution >= 4 is 10.1 Å². The van der Waals surface area contributed by atoms with Crippen molar-refractivity contribution in [3.63, 3.8) is 0 Å². The summed E-state index contributed by atoms with van der Waals surface area (Å²) < 4.78 is 32.1. The average Bonchev–Trinajstić information content (AvgIpc) is 2.68. The third-order valence-electron chi connectivity index (χ3n) is 2.53. The maximum absolute atomic E-state index is 11.7. The van der Waals surface area contributed by atoms with E-state index >= 15 is 0 Å². The van der Waals surface area contributed by atoms with E-state index in [9.17, 15) is 8.42 Å². The number of aromatic nitrogens is 2. The highest BCUT2D eigenvalue weighted by Gasteiger charge is 2.24. The third kappa shape index (κ3) is 3.87. The van der Waals surface area contributed by atoms with Crippen LogP contribution in [0.3, 0.4) is 0 Å². The molecule has 0 aromatic carbocycles. The molecule has 102 valence electrons. The molecular formula is C12H21N2O3S+. The van der Waals surface area contributed by atoms with Crippen molar-refractivity contribution in [2.75, 3.05) is 5.75 Å². The van der Waals surface area contributed by atoms with Crippen LogP contribution >= 0.6 is 0 Å². The van der Waals surface area contributed by atoms with E-state index in [0.29, 0.717) is 12.6 Å². The van der Waals surface area contributed by atoms with Gasteiger partial charge in [-0.05, 0) is 13.3 Å². The Bertz CT molecular complexity index is 491. The van der Waals surface area contributed by atoms with Gasteiger partial charge in [0.2, 0.25) is 0 Å². The summed E-state index contributed by atoms with van der Waals surface area (Å²) in [5.41, 5.74) is 0. The predicted octanol–water partition coefficient (Wildman–Crippen LogP) is 1.49. The van der Waals surface area contributed by atoms with Gasteiger partial charge in [-0.1, -0.05) is 19.4 Å². The molecule has 0 N–H and O–H groups in total. The first-order valence-electron chi connectivity index (χ1n) is 6.15. The zero-order valence-corrected chi connectivity index (χ0v) is 11.8. The number of imidazole rings is 1. The van der Waals surface area contributed by atoms with Crippen LogP contribution < -0.4 is 8.75 Å². The van der Waals surface area contributed by atoms with Crippen molar-refractivity contribution in [2.24, 2.45) is 0 Å². The van der Waals surface area contributed by atoms with E-state index < -0.39 is 10.1 Å². The smallest absolute Gasteiger partial charge is 0.308 e. The zero-order valence-electron chi connectivity index (χ0n) is 11.0. The molecule has 0 aliphatic heterocycles. The predicted molar refractivity (Wildman–Crippen MR) is 69.8 cm³/mol. The first-order chi connectivity index (χ1) is 8.54. The Hall–Kier alpha value is -1.30. The lowest BCUT2D eigenvalue weighted by atomic mass is 10.3. The zero-order chi connectivity index (χ0) is 13.6. The number of rotatable bonds is 8. The molecule has 0 saturated heterocycles. The molecule has 0 unspecified atom stereocenters. The molecule has 0 atom stereocenters. The second-order valence-corrected chi connectivity index (χ2v) is 5.63. The van der Waals surface area contributed by atoms with Crippen molar-refractivity contribution in [2.45, 2.75) is 39.8 Å². The van der Waals surface area contributed by atoms with Crippen LogP contribution in [0.5, 0.6) is 6.01 Å². The molecule has 0 amide bonds.